The zero-order valence-corrected chi connectivity index (χ0v) is 11.1. The minimum atomic E-state index is 0.152. The van der Waals surface area contributed by atoms with Gasteiger partial charge in [-0.05, 0) is 39.0 Å². The first-order chi connectivity index (χ1) is 8.76. The topological polar surface area (TPSA) is 47.6 Å². The fourth-order valence-corrected chi connectivity index (χ4v) is 3.44. The van der Waals surface area contributed by atoms with Crippen LogP contribution in [0.5, 0.6) is 0 Å². The Balaban J connectivity index is 1.64. The third-order valence-corrected chi connectivity index (χ3v) is 4.84. The second kappa shape index (κ2) is 4.82. The molecule has 0 aromatic heterocycles. The van der Waals surface area contributed by atoms with Crippen molar-refractivity contribution in [3.8, 4) is 0 Å². The molecule has 0 unspecified atom stereocenters. The van der Waals surface area contributed by atoms with Crippen molar-refractivity contribution in [1.82, 2.24) is 5.32 Å². The Morgan fingerprint density at radius 2 is 2.11 bits per heavy atom. The highest BCUT2D eigenvalue weighted by molar-refractivity contribution is 5.81. The highest BCUT2D eigenvalue weighted by atomic mass is 16.5. The van der Waals surface area contributed by atoms with Gasteiger partial charge in [0.25, 0.3) is 0 Å². The molecule has 2 saturated carbocycles. The number of carbonyl (C=O) groups is 1. The van der Waals surface area contributed by atoms with E-state index in [0.717, 1.165) is 51.9 Å². The van der Waals surface area contributed by atoms with Gasteiger partial charge in [-0.2, -0.15) is 0 Å². The van der Waals surface area contributed by atoms with E-state index in [-0.39, 0.29) is 11.3 Å². The summed E-state index contributed by atoms with van der Waals surface area (Å²) in [6.45, 7) is 4.42. The zero-order valence-electron chi connectivity index (χ0n) is 11.1. The van der Waals surface area contributed by atoms with Crippen molar-refractivity contribution in [3.05, 3.63) is 0 Å². The average molecular weight is 253 g/mol. The maximum Gasteiger partial charge on any atom is 0.223 e. The van der Waals surface area contributed by atoms with E-state index in [1.54, 1.807) is 0 Å². The Kier molecular flexibility index (Phi) is 3.32. The van der Waals surface area contributed by atoms with Gasteiger partial charge in [0.15, 0.2) is 0 Å². The van der Waals surface area contributed by atoms with Gasteiger partial charge in [-0.3, -0.25) is 4.79 Å². The number of hydrogen-bond acceptors (Lipinski definition) is 3. The molecule has 4 heteroatoms. The molecule has 3 aliphatic rings. The lowest BCUT2D eigenvalue weighted by atomic mass is 9.57. The summed E-state index contributed by atoms with van der Waals surface area (Å²) in [5.74, 6) is 0.564. The maximum absolute atomic E-state index is 11.9. The minimum absolute atomic E-state index is 0.152. The molecule has 1 saturated heterocycles. The Labute approximate surface area is 108 Å². The number of rotatable bonds is 4. The first-order valence-electron chi connectivity index (χ1n) is 7.26. The van der Waals surface area contributed by atoms with Crippen LogP contribution in [-0.4, -0.2) is 37.9 Å². The molecule has 1 heterocycles. The normalized spacial score (nSPS) is 34.1. The molecular weight excluding hydrogens is 230 g/mol. The molecule has 1 N–H and O–H groups in total. The third kappa shape index (κ3) is 2.05. The Hall–Kier alpha value is -0.610. The Bertz CT molecular complexity index is 321. The van der Waals surface area contributed by atoms with Crippen LogP contribution in [-0.2, 0) is 14.3 Å². The first-order valence-corrected chi connectivity index (χ1v) is 7.26. The fourth-order valence-electron chi connectivity index (χ4n) is 3.44. The van der Waals surface area contributed by atoms with Crippen molar-refractivity contribution >= 4 is 5.91 Å². The first kappa shape index (κ1) is 12.4. The molecule has 3 rings (SSSR count). The van der Waals surface area contributed by atoms with Gasteiger partial charge in [0.1, 0.15) is 0 Å². The van der Waals surface area contributed by atoms with E-state index in [2.05, 4.69) is 5.32 Å². The summed E-state index contributed by atoms with van der Waals surface area (Å²) < 4.78 is 11.3. The molecule has 2 aliphatic carbocycles. The second-order valence-corrected chi connectivity index (χ2v) is 5.86. The molecule has 0 bridgehead atoms. The van der Waals surface area contributed by atoms with Crippen LogP contribution in [0.25, 0.3) is 0 Å². The average Bonchev–Trinajstić information content (AvgIpc) is 3.23. The van der Waals surface area contributed by atoms with E-state index >= 15 is 0 Å². The summed E-state index contributed by atoms with van der Waals surface area (Å²) >= 11 is 0. The maximum atomic E-state index is 11.9. The molecule has 1 amide bonds. The molecule has 1 aliphatic heterocycles. The van der Waals surface area contributed by atoms with Crippen LogP contribution in [0.1, 0.15) is 39.0 Å². The lowest BCUT2D eigenvalue weighted by Crippen LogP contribution is -2.66. The van der Waals surface area contributed by atoms with Crippen LogP contribution in [0.2, 0.25) is 0 Å². The minimum Gasteiger partial charge on any atom is -0.381 e. The van der Waals surface area contributed by atoms with Gasteiger partial charge >= 0.3 is 0 Å². The van der Waals surface area contributed by atoms with Gasteiger partial charge in [-0.15, -0.1) is 0 Å². The van der Waals surface area contributed by atoms with E-state index in [9.17, 15) is 4.79 Å². The molecule has 4 nitrogen and oxygen atoms in total. The smallest absolute Gasteiger partial charge is 0.223 e. The van der Waals surface area contributed by atoms with Crippen LogP contribution in [0.4, 0.5) is 0 Å². The summed E-state index contributed by atoms with van der Waals surface area (Å²) in [6, 6.07) is 0.311. The molecule has 102 valence electrons. The van der Waals surface area contributed by atoms with Crippen LogP contribution >= 0.6 is 0 Å². The monoisotopic (exact) mass is 253 g/mol. The summed E-state index contributed by atoms with van der Waals surface area (Å²) in [6.07, 6.45) is 5.48. The van der Waals surface area contributed by atoms with Crippen LogP contribution in [0.15, 0.2) is 0 Å². The van der Waals surface area contributed by atoms with E-state index in [4.69, 9.17) is 9.47 Å². The lowest BCUT2D eigenvalue weighted by Gasteiger charge is -2.57. The van der Waals surface area contributed by atoms with Gasteiger partial charge in [0.05, 0.1) is 6.10 Å². The standard InChI is InChI=1S/C14H23NO3/c1-2-18-12-9-11(15-13(16)10-3-4-10)14(12)5-7-17-8-6-14/h10-12H,2-9H2,1H3,(H,15,16)/t11-,12-/m0/s1. The highest BCUT2D eigenvalue weighted by Crippen LogP contribution is 2.51. The summed E-state index contributed by atoms with van der Waals surface area (Å²) in [5, 5.41) is 3.25. The van der Waals surface area contributed by atoms with Gasteiger partial charge < -0.3 is 14.8 Å². The van der Waals surface area contributed by atoms with E-state index < -0.39 is 0 Å². The molecule has 3 fully saturated rings. The van der Waals surface area contributed by atoms with Crippen molar-refractivity contribution in [1.29, 1.82) is 0 Å². The van der Waals surface area contributed by atoms with Gasteiger partial charge in [0, 0.05) is 37.2 Å². The Morgan fingerprint density at radius 1 is 1.39 bits per heavy atom. The third-order valence-electron chi connectivity index (χ3n) is 4.84. The predicted molar refractivity (Wildman–Crippen MR) is 67.2 cm³/mol. The van der Waals surface area contributed by atoms with Crippen molar-refractivity contribution in [2.75, 3.05) is 19.8 Å². The van der Waals surface area contributed by atoms with Crippen LogP contribution < -0.4 is 5.32 Å². The van der Waals surface area contributed by atoms with Crippen molar-refractivity contribution in [2.24, 2.45) is 11.3 Å². The number of hydrogen-bond donors (Lipinski definition) is 1. The van der Waals surface area contributed by atoms with Crippen LogP contribution in [0.3, 0.4) is 0 Å². The highest BCUT2D eigenvalue weighted by Gasteiger charge is 2.57. The Morgan fingerprint density at radius 3 is 2.72 bits per heavy atom. The van der Waals surface area contributed by atoms with E-state index in [0.29, 0.717) is 18.1 Å². The van der Waals surface area contributed by atoms with Gasteiger partial charge in [-0.25, -0.2) is 0 Å². The number of amides is 1. The summed E-state index contributed by atoms with van der Waals surface area (Å²) in [5.41, 5.74) is 0.152. The molecule has 2 atom stereocenters. The molecule has 0 aromatic rings. The molecule has 18 heavy (non-hydrogen) atoms. The predicted octanol–water partition coefficient (Wildman–Crippen LogP) is 1.49. The quantitative estimate of drug-likeness (QED) is 0.825. The molecule has 0 radical (unpaired) electrons. The van der Waals surface area contributed by atoms with E-state index in [1.807, 2.05) is 6.92 Å². The molecule has 0 aromatic carbocycles. The molecular formula is C14H23NO3. The summed E-state index contributed by atoms with van der Waals surface area (Å²) in [4.78, 5) is 11.9. The lowest BCUT2D eigenvalue weighted by molar-refractivity contribution is -0.176. The zero-order chi connectivity index (χ0) is 12.6. The fraction of sp³-hybridized carbons (Fsp3) is 0.929. The number of nitrogens with one attached hydrogen (secondary N) is 1. The number of ether oxygens (including phenoxy) is 2. The number of carbonyl (C=O) groups excluding carboxylic acids is 1. The molecule has 1 spiro atoms. The summed E-state index contributed by atoms with van der Waals surface area (Å²) in [7, 11) is 0. The van der Waals surface area contributed by atoms with Crippen LogP contribution in [0, 0.1) is 11.3 Å². The van der Waals surface area contributed by atoms with Crippen molar-refractivity contribution < 1.29 is 14.3 Å². The van der Waals surface area contributed by atoms with E-state index in [1.165, 1.54) is 0 Å². The SMILES string of the molecule is CCO[C@H]1C[C@H](NC(=O)C2CC2)C12CCOCC2. The van der Waals surface area contributed by atoms with Crippen molar-refractivity contribution in [2.45, 2.75) is 51.2 Å². The van der Waals surface area contributed by atoms with Gasteiger partial charge in [-0.1, -0.05) is 0 Å². The second-order valence-electron chi connectivity index (χ2n) is 5.86. The van der Waals surface area contributed by atoms with Crippen molar-refractivity contribution in [3.63, 3.8) is 0 Å². The largest absolute Gasteiger partial charge is 0.381 e. The van der Waals surface area contributed by atoms with Gasteiger partial charge in [0.2, 0.25) is 5.91 Å².